The maximum absolute atomic E-state index is 14.1. The summed E-state index contributed by atoms with van der Waals surface area (Å²) in [6.07, 6.45) is -3.44. The zero-order chi connectivity index (χ0) is 21.2. The Bertz CT molecular complexity index is 1100. The van der Waals surface area contributed by atoms with Gasteiger partial charge in [-0.15, -0.1) is 0 Å². The van der Waals surface area contributed by atoms with Crippen LogP contribution in [0.15, 0.2) is 70.2 Å². The van der Waals surface area contributed by atoms with Crippen molar-refractivity contribution >= 4 is 10.0 Å². The van der Waals surface area contributed by atoms with E-state index in [9.17, 15) is 30.4 Å². The molecule has 3 rings (SSSR count). The molecule has 0 aliphatic heterocycles. The molecular formula is C19H14F5NO3S. The highest BCUT2D eigenvalue weighted by atomic mass is 32.2. The summed E-state index contributed by atoms with van der Waals surface area (Å²) in [5, 5.41) is 0. The first kappa shape index (κ1) is 21.0. The van der Waals surface area contributed by atoms with E-state index in [0.717, 1.165) is 34.6 Å². The smallest absolute Gasteiger partial charge is 0.416 e. The molecule has 0 spiro atoms. The molecule has 29 heavy (non-hydrogen) atoms. The van der Waals surface area contributed by atoms with Gasteiger partial charge in [-0.25, -0.2) is 17.2 Å². The van der Waals surface area contributed by atoms with E-state index in [1.165, 1.54) is 18.4 Å². The van der Waals surface area contributed by atoms with Gasteiger partial charge in [-0.1, -0.05) is 12.1 Å². The molecule has 0 saturated heterocycles. The summed E-state index contributed by atoms with van der Waals surface area (Å²) in [7, 11) is -4.47. The summed E-state index contributed by atoms with van der Waals surface area (Å²) < 4.78 is 98.2. The van der Waals surface area contributed by atoms with Crippen LogP contribution >= 0.6 is 0 Å². The summed E-state index contributed by atoms with van der Waals surface area (Å²) in [5.41, 5.74) is -1.28. The Labute approximate surface area is 163 Å². The van der Waals surface area contributed by atoms with Gasteiger partial charge in [0.15, 0.2) is 0 Å². The van der Waals surface area contributed by atoms with Gasteiger partial charge in [0.25, 0.3) is 0 Å². The van der Waals surface area contributed by atoms with Gasteiger partial charge in [0, 0.05) is 18.2 Å². The number of furan rings is 1. The van der Waals surface area contributed by atoms with Crippen molar-refractivity contribution in [3.63, 3.8) is 0 Å². The largest absolute Gasteiger partial charge is 0.468 e. The fourth-order valence-corrected chi connectivity index (χ4v) is 4.05. The van der Waals surface area contributed by atoms with Crippen molar-refractivity contribution in [1.82, 2.24) is 4.31 Å². The number of halogens is 5. The quantitative estimate of drug-likeness (QED) is 0.518. The minimum absolute atomic E-state index is 0.145. The maximum atomic E-state index is 14.1. The van der Waals surface area contributed by atoms with E-state index < -0.39 is 44.8 Å². The molecular weight excluding hydrogens is 417 g/mol. The maximum Gasteiger partial charge on any atom is 0.416 e. The molecule has 0 aliphatic carbocycles. The van der Waals surface area contributed by atoms with Crippen LogP contribution in [0.1, 0.15) is 16.9 Å². The zero-order valence-corrected chi connectivity index (χ0v) is 15.5. The predicted octanol–water partition coefficient (Wildman–Crippen LogP) is 4.97. The van der Waals surface area contributed by atoms with Gasteiger partial charge in [-0.3, -0.25) is 0 Å². The second-order valence-electron chi connectivity index (χ2n) is 6.11. The van der Waals surface area contributed by atoms with Crippen LogP contribution in [-0.2, 0) is 29.3 Å². The van der Waals surface area contributed by atoms with E-state index >= 15 is 0 Å². The molecule has 3 aromatic rings. The molecule has 0 fully saturated rings. The standard InChI is InChI=1S/C19H14F5NO3S/c20-15-7-6-13(18(21)10-15)11-25(12-16-4-2-8-28-16)29(26,27)17-5-1-3-14(9-17)19(22,23)24/h1-10H,11-12H2. The number of hydrogen-bond acceptors (Lipinski definition) is 3. The van der Waals surface area contributed by atoms with Crippen molar-refractivity contribution in [3.05, 3.63) is 89.4 Å². The molecule has 0 saturated carbocycles. The SMILES string of the molecule is O=S(=O)(c1cccc(C(F)(F)F)c1)N(Cc1ccco1)Cc1ccc(F)cc1F. The Hall–Kier alpha value is -2.72. The topological polar surface area (TPSA) is 50.5 Å². The molecule has 0 radical (unpaired) electrons. The van der Waals surface area contributed by atoms with Crippen LogP contribution < -0.4 is 0 Å². The summed E-state index contributed by atoms with van der Waals surface area (Å²) in [6.45, 7) is -0.895. The average Bonchev–Trinajstić information content (AvgIpc) is 3.16. The molecule has 0 aliphatic rings. The first-order valence-corrected chi connectivity index (χ1v) is 9.65. The molecule has 2 aromatic carbocycles. The lowest BCUT2D eigenvalue weighted by Gasteiger charge is -2.22. The van der Waals surface area contributed by atoms with Gasteiger partial charge in [0.2, 0.25) is 10.0 Å². The van der Waals surface area contributed by atoms with Crippen molar-refractivity contribution in [2.45, 2.75) is 24.2 Å². The molecule has 154 valence electrons. The van der Waals surface area contributed by atoms with Crippen LogP contribution in [0.25, 0.3) is 0 Å². The molecule has 0 unspecified atom stereocenters. The number of nitrogens with zero attached hydrogens (tertiary/aromatic N) is 1. The van der Waals surface area contributed by atoms with Crippen molar-refractivity contribution in [2.75, 3.05) is 0 Å². The van der Waals surface area contributed by atoms with E-state index in [0.29, 0.717) is 12.1 Å². The Morgan fingerprint density at radius 2 is 1.69 bits per heavy atom. The van der Waals surface area contributed by atoms with Crippen molar-refractivity contribution in [2.24, 2.45) is 0 Å². The Morgan fingerprint density at radius 1 is 0.931 bits per heavy atom. The fraction of sp³-hybridized carbons (Fsp3) is 0.158. The van der Waals surface area contributed by atoms with Crippen LogP contribution in [0.4, 0.5) is 22.0 Å². The fourth-order valence-electron chi connectivity index (χ4n) is 2.62. The second-order valence-corrected chi connectivity index (χ2v) is 8.05. The molecule has 1 aromatic heterocycles. The number of sulfonamides is 1. The lowest BCUT2D eigenvalue weighted by molar-refractivity contribution is -0.137. The normalized spacial score (nSPS) is 12.5. The predicted molar refractivity (Wildman–Crippen MR) is 92.9 cm³/mol. The molecule has 0 bridgehead atoms. The molecule has 4 nitrogen and oxygen atoms in total. The Kier molecular flexibility index (Phi) is 5.76. The van der Waals surface area contributed by atoms with Crippen molar-refractivity contribution < 1.29 is 34.8 Å². The van der Waals surface area contributed by atoms with E-state index in [1.54, 1.807) is 0 Å². The van der Waals surface area contributed by atoms with E-state index in [1.807, 2.05) is 0 Å². The summed E-state index contributed by atoms with van der Waals surface area (Å²) in [5.74, 6) is -1.62. The molecule has 1 heterocycles. The Balaban J connectivity index is 2.02. The minimum atomic E-state index is -4.74. The van der Waals surface area contributed by atoms with Crippen LogP contribution in [0.2, 0.25) is 0 Å². The lowest BCUT2D eigenvalue weighted by atomic mass is 10.2. The molecule has 0 N–H and O–H groups in total. The van der Waals surface area contributed by atoms with E-state index in [-0.39, 0.29) is 17.9 Å². The summed E-state index contributed by atoms with van der Waals surface area (Å²) >= 11 is 0. The molecule has 0 amide bonds. The minimum Gasteiger partial charge on any atom is -0.468 e. The third-order valence-corrected chi connectivity index (χ3v) is 5.86. The van der Waals surface area contributed by atoms with Gasteiger partial charge < -0.3 is 4.42 Å². The highest BCUT2D eigenvalue weighted by Crippen LogP contribution is 2.32. The van der Waals surface area contributed by atoms with Gasteiger partial charge in [-0.05, 0) is 36.4 Å². The van der Waals surface area contributed by atoms with Crippen molar-refractivity contribution in [1.29, 1.82) is 0 Å². The number of rotatable bonds is 6. The monoisotopic (exact) mass is 431 g/mol. The number of alkyl halides is 3. The molecule has 0 atom stereocenters. The van der Waals surface area contributed by atoms with Crippen LogP contribution in [0, 0.1) is 11.6 Å². The molecule has 10 heteroatoms. The van der Waals surface area contributed by atoms with Gasteiger partial charge >= 0.3 is 6.18 Å². The van der Waals surface area contributed by atoms with Crippen molar-refractivity contribution in [3.8, 4) is 0 Å². The first-order valence-electron chi connectivity index (χ1n) is 8.21. The third kappa shape index (κ3) is 4.83. The van der Waals surface area contributed by atoms with Crippen LogP contribution in [0.3, 0.4) is 0 Å². The van der Waals surface area contributed by atoms with Crippen LogP contribution in [-0.4, -0.2) is 12.7 Å². The van der Waals surface area contributed by atoms with Crippen LogP contribution in [0.5, 0.6) is 0 Å². The highest BCUT2D eigenvalue weighted by molar-refractivity contribution is 7.89. The van der Waals surface area contributed by atoms with Gasteiger partial charge in [0.05, 0.1) is 23.3 Å². The van der Waals surface area contributed by atoms with Gasteiger partial charge in [-0.2, -0.15) is 17.5 Å². The summed E-state index contributed by atoms with van der Waals surface area (Å²) in [4.78, 5) is -0.610. The van der Waals surface area contributed by atoms with E-state index in [4.69, 9.17) is 4.42 Å². The zero-order valence-electron chi connectivity index (χ0n) is 14.7. The first-order chi connectivity index (χ1) is 13.6. The third-order valence-electron chi connectivity index (χ3n) is 4.07. The Morgan fingerprint density at radius 3 is 2.31 bits per heavy atom. The van der Waals surface area contributed by atoms with E-state index in [2.05, 4.69) is 0 Å². The second kappa shape index (κ2) is 7.96. The number of benzene rings is 2. The van der Waals surface area contributed by atoms with Gasteiger partial charge in [0.1, 0.15) is 17.4 Å². The lowest BCUT2D eigenvalue weighted by Crippen LogP contribution is -2.30. The summed E-state index contributed by atoms with van der Waals surface area (Å²) in [6, 6.07) is 8.83. The average molecular weight is 431 g/mol. The number of hydrogen-bond donors (Lipinski definition) is 0. The highest BCUT2D eigenvalue weighted by Gasteiger charge is 2.33.